The molecule has 0 aliphatic rings. The summed E-state index contributed by atoms with van der Waals surface area (Å²) in [6, 6.07) is 0. The molecule has 1 unspecified atom stereocenters. The molecule has 0 rings (SSSR count). The van der Waals surface area contributed by atoms with Crippen molar-refractivity contribution in [3.8, 4) is 0 Å². The summed E-state index contributed by atoms with van der Waals surface area (Å²) in [5.74, 6) is 0. The van der Waals surface area contributed by atoms with Gasteiger partial charge in [0.2, 0.25) is 0 Å². The molecular formula is C16H50O4Si4. The molecule has 1 N–H and O–H groups in total. The SMILES string of the molecule is C.C.C.C.CC(C)(O)[Si](C)(O[Si](C)(C)C)O[Si](C)(C)O[Si](C)(C)C. The normalized spacial score (nSPS) is 15.0. The van der Waals surface area contributed by atoms with E-state index in [-0.39, 0.29) is 29.7 Å². The lowest BCUT2D eigenvalue weighted by molar-refractivity contribution is 0.106. The Morgan fingerprint density at radius 2 is 0.875 bits per heavy atom. The van der Waals surface area contributed by atoms with E-state index in [0.29, 0.717) is 0 Å². The monoisotopic (exact) mass is 418 g/mol. The van der Waals surface area contributed by atoms with Crippen LogP contribution in [0, 0.1) is 0 Å². The van der Waals surface area contributed by atoms with E-state index in [0.717, 1.165) is 0 Å². The van der Waals surface area contributed by atoms with Crippen LogP contribution in [-0.4, -0.2) is 44.1 Å². The summed E-state index contributed by atoms with van der Waals surface area (Å²) in [6.07, 6.45) is 0. The molecule has 0 aromatic heterocycles. The average Bonchev–Trinajstić information content (AvgIpc) is 1.88. The van der Waals surface area contributed by atoms with Crippen LogP contribution in [0.3, 0.4) is 0 Å². The molecular weight excluding hydrogens is 369 g/mol. The van der Waals surface area contributed by atoms with E-state index in [9.17, 15) is 5.11 Å². The molecule has 0 aliphatic heterocycles. The van der Waals surface area contributed by atoms with E-state index < -0.39 is 39.0 Å². The Hall–Kier alpha value is 0.708. The summed E-state index contributed by atoms with van der Waals surface area (Å²) in [5, 5.41) is 9.62. The van der Waals surface area contributed by atoms with Crippen LogP contribution in [0.5, 0.6) is 0 Å². The van der Waals surface area contributed by atoms with Gasteiger partial charge in [-0.15, -0.1) is 0 Å². The first-order chi connectivity index (χ1) is 8.37. The van der Waals surface area contributed by atoms with E-state index in [4.69, 9.17) is 12.3 Å². The Morgan fingerprint density at radius 3 is 1.08 bits per heavy atom. The van der Waals surface area contributed by atoms with Gasteiger partial charge in [-0.2, -0.15) is 0 Å². The van der Waals surface area contributed by atoms with E-state index >= 15 is 0 Å². The van der Waals surface area contributed by atoms with Crippen molar-refractivity contribution >= 4 is 33.8 Å². The van der Waals surface area contributed by atoms with E-state index in [1.807, 2.05) is 6.55 Å². The summed E-state index contributed by atoms with van der Waals surface area (Å²) in [6.45, 7) is 22.5. The number of hydrogen-bond donors (Lipinski definition) is 1. The van der Waals surface area contributed by atoms with Gasteiger partial charge in [0.1, 0.15) is 5.22 Å². The molecule has 0 amide bonds. The fraction of sp³-hybridized carbons (Fsp3) is 1.00. The van der Waals surface area contributed by atoms with Crippen LogP contribution in [0.1, 0.15) is 43.6 Å². The highest BCUT2D eigenvalue weighted by Gasteiger charge is 2.53. The molecule has 24 heavy (non-hydrogen) atoms. The van der Waals surface area contributed by atoms with Crippen LogP contribution in [0.25, 0.3) is 0 Å². The summed E-state index contributed by atoms with van der Waals surface area (Å²) in [4.78, 5) is 0. The molecule has 0 spiro atoms. The minimum absolute atomic E-state index is 0. The topological polar surface area (TPSA) is 47.9 Å². The number of hydrogen-bond acceptors (Lipinski definition) is 4. The average molecular weight is 419 g/mol. The van der Waals surface area contributed by atoms with Crippen LogP contribution in [0.15, 0.2) is 0 Å². The molecule has 0 aliphatic carbocycles. The maximum absolute atomic E-state index is 10.6. The number of rotatable bonds is 7. The third kappa shape index (κ3) is 13.9. The van der Waals surface area contributed by atoms with Gasteiger partial charge >= 0.3 is 17.1 Å². The smallest absolute Gasteiger partial charge is 0.348 e. The Labute approximate surface area is 159 Å². The molecule has 0 heterocycles. The van der Waals surface area contributed by atoms with Crippen LogP contribution in [0.2, 0.25) is 58.9 Å². The second-order valence-electron chi connectivity index (χ2n) is 8.44. The molecule has 0 saturated carbocycles. The Balaban J connectivity index is -0.000000301. The van der Waals surface area contributed by atoms with Crippen molar-refractivity contribution in [2.75, 3.05) is 0 Å². The quantitative estimate of drug-likeness (QED) is 0.490. The molecule has 0 saturated heterocycles. The first kappa shape index (κ1) is 35.8. The minimum atomic E-state index is -2.75. The molecule has 0 radical (unpaired) electrons. The first-order valence-electron chi connectivity index (χ1n) is 7.20. The lowest BCUT2D eigenvalue weighted by atomic mass is 10.5. The molecule has 0 aromatic rings. The van der Waals surface area contributed by atoms with Crippen molar-refractivity contribution in [1.29, 1.82) is 0 Å². The van der Waals surface area contributed by atoms with Crippen molar-refractivity contribution in [3.63, 3.8) is 0 Å². The van der Waals surface area contributed by atoms with Gasteiger partial charge in [-0.25, -0.2) is 0 Å². The summed E-state index contributed by atoms with van der Waals surface area (Å²) >= 11 is 0. The van der Waals surface area contributed by atoms with E-state index in [2.05, 4.69) is 52.4 Å². The van der Waals surface area contributed by atoms with Gasteiger partial charge in [0.15, 0.2) is 16.6 Å². The van der Waals surface area contributed by atoms with Crippen molar-refractivity contribution < 1.29 is 17.5 Å². The maximum Gasteiger partial charge on any atom is 0.348 e. The first-order valence-corrected chi connectivity index (χ1v) is 19.1. The van der Waals surface area contributed by atoms with Gasteiger partial charge < -0.3 is 17.5 Å². The van der Waals surface area contributed by atoms with Crippen LogP contribution in [0.4, 0.5) is 0 Å². The van der Waals surface area contributed by atoms with Crippen LogP contribution in [-0.2, 0) is 12.3 Å². The zero-order valence-corrected chi connectivity index (χ0v) is 19.2. The molecule has 0 aromatic carbocycles. The standard InChI is InChI=1S/C12H34O4Si4.4CH4/c1-12(2,13)20(11,15-18(6,7)8)16-19(9,10)14-17(3,4)5;;;;/h13H,1-11H3;4*1H4. The van der Waals surface area contributed by atoms with Crippen LogP contribution < -0.4 is 0 Å². The second-order valence-corrected chi connectivity index (χ2v) is 25.2. The summed E-state index contributed by atoms with van der Waals surface area (Å²) < 4.78 is 19.0. The predicted molar refractivity (Wildman–Crippen MR) is 122 cm³/mol. The fourth-order valence-corrected chi connectivity index (χ4v) is 19.5. The third-order valence-electron chi connectivity index (χ3n) is 2.60. The van der Waals surface area contributed by atoms with Crippen LogP contribution >= 0.6 is 0 Å². The maximum atomic E-state index is 10.6. The predicted octanol–water partition coefficient (Wildman–Crippen LogP) is 6.33. The Morgan fingerprint density at radius 1 is 0.583 bits per heavy atom. The van der Waals surface area contributed by atoms with Crippen molar-refractivity contribution in [2.24, 2.45) is 0 Å². The van der Waals surface area contributed by atoms with E-state index in [1.54, 1.807) is 13.8 Å². The molecule has 154 valence electrons. The van der Waals surface area contributed by atoms with E-state index in [1.165, 1.54) is 0 Å². The van der Waals surface area contributed by atoms with Gasteiger partial charge in [0, 0.05) is 0 Å². The Bertz CT molecular complexity index is 330. The molecule has 4 nitrogen and oxygen atoms in total. The zero-order chi connectivity index (χ0) is 16.6. The van der Waals surface area contributed by atoms with Crippen molar-refractivity contribution in [3.05, 3.63) is 0 Å². The number of aliphatic hydroxyl groups is 1. The highest BCUT2D eigenvalue weighted by Crippen LogP contribution is 2.31. The van der Waals surface area contributed by atoms with Gasteiger partial charge in [-0.3, -0.25) is 0 Å². The molecule has 0 fully saturated rings. The van der Waals surface area contributed by atoms with Crippen molar-refractivity contribution in [2.45, 2.75) is 108 Å². The molecule has 0 bridgehead atoms. The molecule has 1 atom stereocenters. The van der Waals surface area contributed by atoms with Gasteiger partial charge in [-0.05, 0) is 72.8 Å². The largest absolute Gasteiger partial charge is 0.437 e. The summed E-state index contributed by atoms with van der Waals surface area (Å²) in [5.41, 5.74) is 0. The minimum Gasteiger partial charge on any atom is -0.437 e. The summed E-state index contributed by atoms with van der Waals surface area (Å²) in [7, 11) is -8.55. The second kappa shape index (κ2) is 10.8. The lowest BCUT2D eigenvalue weighted by Gasteiger charge is -2.46. The Kier molecular flexibility index (Phi) is 16.0. The lowest BCUT2D eigenvalue weighted by Crippen LogP contribution is -2.66. The molecule has 8 heteroatoms. The highest BCUT2D eigenvalue weighted by molar-refractivity contribution is 6.90. The zero-order valence-electron chi connectivity index (χ0n) is 15.2. The third-order valence-corrected chi connectivity index (χ3v) is 16.8. The fourth-order valence-electron chi connectivity index (χ4n) is 2.08. The highest BCUT2D eigenvalue weighted by atomic mass is 28.5. The van der Waals surface area contributed by atoms with Gasteiger partial charge in [0.25, 0.3) is 0 Å². The van der Waals surface area contributed by atoms with Gasteiger partial charge in [0.05, 0.1) is 0 Å². The van der Waals surface area contributed by atoms with Crippen molar-refractivity contribution in [1.82, 2.24) is 0 Å². The van der Waals surface area contributed by atoms with Gasteiger partial charge in [-0.1, -0.05) is 29.7 Å².